The molecule has 0 fully saturated rings. The lowest BCUT2D eigenvalue weighted by atomic mass is 10.2. The topological polar surface area (TPSA) is 69.6 Å². The van der Waals surface area contributed by atoms with E-state index in [0.717, 1.165) is 10.2 Å². The van der Waals surface area contributed by atoms with Gasteiger partial charge in [0.05, 0.1) is 28.6 Å². The van der Waals surface area contributed by atoms with Crippen LogP contribution in [-0.2, 0) is 0 Å². The Labute approximate surface area is 95.5 Å². The van der Waals surface area contributed by atoms with Crippen LogP contribution in [0.4, 0.5) is 5.82 Å². The fraction of sp³-hybridized carbons (Fsp3) is 0.222. The largest absolute Gasteiger partial charge is 0.383 e. The van der Waals surface area contributed by atoms with Crippen molar-refractivity contribution in [2.24, 2.45) is 0 Å². The summed E-state index contributed by atoms with van der Waals surface area (Å²) >= 11 is 3.31. The Bertz CT molecular complexity index is 453. The van der Waals surface area contributed by atoms with Crippen molar-refractivity contribution in [3.63, 3.8) is 0 Å². The number of nitrogens with zero attached hydrogens (tertiary/aromatic N) is 4. The molecule has 2 aromatic heterocycles. The Morgan fingerprint density at radius 2 is 2.20 bits per heavy atom. The number of hydrogen-bond donors (Lipinski definition) is 1. The second-order valence-corrected chi connectivity index (χ2v) is 3.98. The summed E-state index contributed by atoms with van der Waals surface area (Å²) in [5, 5.41) is 4.17. The Morgan fingerprint density at radius 3 is 2.73 bits per heavy atom. The van der Waals surface area contributed by atoms with E-state index in [4.69, 9.17) is 5.73 Å². The van der Waals surface area contributed by atoms with E-state index in [1.54, 1.807) is 29.5 Å². The minimum atomic E-state index is -0.0231. The summed E-state index contributed by atoms with van der Waals surface area (Å²) in [6.45, 7) is 1.97. The molecular formula is C9H10BrN5. The number of rotatable bonds is 2. The highest BCUT2D eigenvalue weighted by molar-refractivity contribution is 9.10. The van der Waals surface area contributed by atoms with Gasteiger partial charge in [0.15, 0.2) is 0 Å². The van der Waals surface area contributed by atoms with Crippen LogP contribution in [0.5, 0.6) is 0 Å². The van der Waals surface area contributed by atoms with Gasteiger partial charge < -0.3 is 5.73 Å². The van der Waals surface area contributed by atoms with Gasteiger partial charge in [0.1, 0.15) is 5.82 Å². The predicted molar refractivity (Wildman–Crippen MR) is 60.2 cm³/mol. The second-order valence-electron chi connectivity index (χ2n) is 3.13. The molecule has 0 aliphatic carbocycles. The van der Waals surface area contributed by atoms with Gasteiger partial charge in [0.25, 0.3) is 0 Å². The van der Waals surface area contributed by atoms with Crippen LogP contribution in [-0.4, -0.2) is 19.7 Å². The highest BCUT2D eigenvalue weighted by Gasteiger charge is 2.14. The van der Waals surface area contributed by atoms with Gasteiger partial charge in [-0.15, -0.1) is 0 Å². The van der Waals surface area contributed by atoms with Crippen molar-refractivity contribution in [3.8, 4) is 0 Å². The van der Waals surface area contributed by atoms with E-state index in [1.807, 2.05) is 6.92 Å². The maximum absolute atomic E-state index is 5.85. The number of hydrogen-bond acceptors (Lipinski definition) is 4. The quantitative estimate of drug-likeness (QED) is 0.898. The van der Waals surface area contributed by atoms with Crippen molar-refractivity contribution >= 4 is 21.7 Å². The molecule has 1 atom stereocenters. The van der Waals surface area contributed by atoms with Crippen LogP contribution in [0.2, 0.25) is 0 Å². The van der Waals surface area contributed by atoms with E-state index in [9.17, 15) is 0 Å². The summed E-state index contributed by atoms with van der Waals surface area (Å²) in [6.07, 6.45) is 6.67. The standard InChI is InChI=1S/C9H10BrN5/c1-6(8-5-12-2-3-13-8)15-9(11)7(10)4-14-15/h2-6H,11H2,1H3. The first-order chi connectivity index (χ1) is 7.20. The summed E-state index contributed by atoms with van der Waals surface area (Å²) in [7, 11) is 0. The summed E-state index contributed by atoms with van der Waals surface area (Å²) in [4.78, 5) is 8.22. The fourth-order valence-electron chi connectivity index (χ4n) is 1.31. The van der Waals surface area contributed by atoms with Crippen LogP contribution in [0, 0.1) is 0 Å². The van der Waals surface area contributed by atoms with Gasteiger partial charge in [-0.05, 0) is 22.9 Å². The SMILES string of the molecule is CC(c1cnccn1)n1ncc(Br)c1N. The summed E-state index contributed by atoms with van der Waals surface area (Å²) < 4.78 is 2.49. The third kappa shape index (κ3) is 1.85. The molecule has 0 saturated carbocycles. The molecule has 0 saturated heterocycles. The van der Waals surface area contributed by atoms with E-state index in [1.165, 1.54) is 0 Å². The Morgan fingerprint density at radius 1 is 1.40 bits per heavy atom. The molecule has 0 amide bonds. The highest BCUT2D eigenvalue weighted by atomic mass is 79.9. The zero-order valence-electron chi connectivity index (χ0n) is 8.13. The van der Waals surface area contributed by atoms with Gasteiger partial charge in [-0.3, -0.25) is 9.97 Å². The van der Waals surface area contributed by atoms with Crippen LogP contribution >= 0.6 is 15.9 Å². The number of nitrogen functional groups attached to an aromatic ring is 1. The van der Waals surface area contributed by atoms with Gasteiger partial charge in [-0.25, -0.2) is 4.68 Å². The molecule has 2 aromatic rings. The zero-order chi connectivity index (χ0) is 10.8. The molecule has 0 aliphatic rings. The van der Waals surface area contributed by atoms with Crippen molar-refractivity contribution in [2.45, 2.75) is 13.0 Å². The van der Waals surface area contributed by atoms with E-state index < -0.39 is 0 Å². The number of nitrogens with two attached hydrogens (primary N) is 1. The number of halogens is 1. The average Bonchev–Trinajstić information content (AvgIpc) is 2.60. The van der Waals surface area contributed by atoms with Gasteiger partial charge in [-0.2, -0.15) is 5.10 Å². The van der Waals surface area contributed by atoms with Crippen molar-refractivity contribution in [1.82, 2.24) is 19.7 Å². The lowest BCUT2D eigenvalue weighted by Gasteiger charge is -2.12. The molecule has 0 aliphatic heterocycles. The molecule has 0 aromatic carbocycles. The molecule has 2 rings (SSSR count). The van der Waals surface area contributed by atoms with Crippen molar-refractivity contribution in [3.05, 3.63) is 35.0 Å². The van der Waals surface area contributed by atoms with E-state index >= 15 is 0 Å². The van der Waals surface area contributed by atoms with Crippen LogP contribution in [0.1, 0.15) is 18.7 Å². The molecule has 6 heteroatoms. The van der Waals surface area contributed by atoms with E-state index in [0.29, 0.717) is 5.82 Å². The third-order valence-electron chi connectivity index (χ3n) is 2.17. The Hall–Kier alpha value is -1.43. The smallest absolute Gasteiger partial charge is 0.136 e. The minimum Gasteiger partial charge on any atom is -0.383 e. The molecule has 2 N–H and O–H groups in total. The molecule has 2 heterocycles. The van der Waals surface area contributed by atoms with Gasteiger partial charge in [0, 0.05) is 12.4 Å². The normalized spacial score (nSPS) is 12.7. The lowest BCUT2D eigenvalue weighted by molar-refractivity contribution is 0.557. The zero-order valence-corrected chi connectivity index (χ0v) is 9.72. The summed E-state index contributed by atoms with van der Waals surface area (Å²) in [5.41, 5.74) is 6.68. The van der Waals surface area contributed by atoms with Crippen LogP contribution in [0.25, 0.3) is 0 Å². The molecule has 0 bridgehead atoms. The van der Waals surface area contributed by atoms with E-state index in [2.05, 4.69) is 31.0 Å². The van der Waals surface area contributed by atoms with Gasteiger partial charge >= 0.3 is 0 Å². The van der Waals surface area contributed by atoms with Gasteiger partial charge in [0.2, 0.25) is 0 Å². The molecule has 15 heavy (non-hydrogen) atoms. The highest BCUT2D eigenvalue weighted by Crippen LogP contribution is 2.24. The number of aromatic nitrogens is 4. The van der Waals surface area contributed by atoms with Gasteiger partial charge in [-0.1, -0.05) is 0 Å². The Kier molecular flexibility index (Phi) is 2.68. The monoisotopic (exact) mass is 267 g/mol. The predicted octanol–water partition coefficient (Wildman–Crippen LogP) is 1.63. The molecule has 1 unspecified atom stereocenters. The summed E-state index contributed by atoms with van der Waals surface area (Å²) in [5.74, 6) is 0.591. The minimum absolute atomic E-state index is 0.0231. The maximum Gasteiger partial charge on any atom is 0.136 e. The van der Waals surface area contributed by atoms with Crippen LogP contribution in [0.3, 0.4) is 0 Å². The molecule has 0 radical (unpaired) electrons. The fourth-order valence-corrected chi connectivity index (χ4v) is 1.58. The first-order valence-corrected chi connectivity index (χ1v) is 5.24. The lowest BCUT2D eigenvalue weighted by Crippen LogP contribution is -2.12. The Balaban J connectivity index is 2.37. The van der Waals surface area contributed by atoms with Crippen molar-refractivity contribution in [2.75, 3.05) is 5.73 Å². The maximum atomic E-state index is 5.85. The second kappa shape index (κ2) is 3.98. The summed E-state index contributed by atoms with van der Waals surface area (Å²) in [6, 6.07) is -0.0231. The third-order valence-corrected chi connectivity index (χ3v) is 2.78. The molecule has 0 spiro atoms. The first kappa shape index (κ1) is 10.1. The molecule has 78 valence electrons. The molecular weight excluding hydrogens is 258 g/mol. The number of anilines is 1. The molecule has 5 nitrogen and oxygen atoms in total. The van der Waals surface area contributed by atoms with Crippen molar-refractivity contribution in [1.29, 1.82) is 0 Å². The van der Waals surface area contributed by atoms with Crippen LogP contribution in [0.15, 0.2) is 29.3 Å². The van der Waals surface area contributed by atoms with Crippen molar-refractivity contribution < 1.29 is 0 Å². The van der Waals surface area contributed by atoms with E-state index in [-0.39, 0.29) is 6.04 Å². The van der Waals surface area contributed by atoms with Crippen LogP contribution < -0.4 is 5.73 Å². The first-order valence-electron chi connectivity index (χ1n) is 4.44. The average molecular weight is 268 g/mol.